The number of carbonyl (C=O) groups excluding carboxylic acids is 2. The monoisotopic (exact) mass is 354 g/mol. The molecule has 26 heavy (non-hydrogen) atoms. The Kier molecular flexibility index (Phi) is 7.36. The number of hydrogen-bond acceptors (Lipinski definition) is 5. The van der Waals surface area contributed by atoms with Crippen LogP contribution in [0.25, 0.3) is 6.08 Å². The van der Waals surface area contributed by atoms with Gasteiger partial charge < -0.3 is 14.4 Å². The van der Waals surface area contributed by atoms with Crippen molar-refractivity contribution in [2.24, 2.45) is 0 Å². The average Bonchev–Trinajstić information content (AvgIpc) is 2.66. The largest absolute Gasteiger partial charge is 0.481 e. The third-order valence-electron chi connectivity index (χ3n) is 3.49. The highest BCUT2D eigenvalue weighted by Gasteiger charge is 2.08. The highest BCUT2D eigenvalue weighted by Crippen LogP contribution is 2.19. The summed E-state index contributed by atoms with van der Waals surface area (Å²) in [6.07, 6.45) is 6.57. The van der Waals surface area contributed by atoms with Gasteiger partial charge in [0.2, 0.25) is 5.91 Å². The van der Waals surface area contributed by atoms with E-state index in [2.05, 4.69) is 4.98 Å². The van der Waals surface area contributed by atoms with Gasteiger partial charge in [-0.05, 0) is 30.7 Å². The van der Waals surface area contributed by atoms with E-state index in [1.165, 1.54) is 6.08 Å². The summed E-state index contributed by atoms with van der Waals surface area (Å²) in [7, 11) is 1.73. The van der Waals surface area contributed by atoms with Gasteiger partial charge in [0, 0.05) is 37.6 Å². The zero-order valence-electron chi connectivity index (χ0n) is 14.9. The molecule has 0 radical (unpaired) electrons. The lowest BCUT2D eigenvalue weighted by atomic mass is 10.2. The molecular weight excluding hydrogens is 332 g/mol. The number of pyridine rings is 1. The summed E-state index contributed by atoms with van der Waals surface area (Å²) >= 11 is 0. The van der Waals surface area contributed by atoms with Gasteiger partial charge in [-0.1, -0.05) is 24.3 Å². The van der Waals surface area contributed by atoms with E-state index in [0.29, 0.717) is 24.5 Å². The van der Waals surface area contributed by atoms with E-state index < -0.39 is 5.97 Å². The van der Waals surface area contributed by atoms with Gasteiger partial charge >= 0.3 is 5.97 Å². The van der Waals surface area contributed by atoms with E-state index in [0.717, 1.165) is 5.56 Å². The first-order chi connectivity index (χ1) is 12.6. The lowest BCUT2D eigenvalue weighted by molar-refractivity contribution is -0.145. The fourth-order valence-electron chi connectivity index (χ4n) is 2.22. The van der Waals surface area contributed by atoms with Crippen LogP contribution in [0.1, 0.15) is 18.1 Å². The van der Waals surface area contributed by atoms with Gasteiger partial charge in [-0.2, -0.15) is 0 Å². The van der Waals surface area contributed by atoms with E-state index in [9.17, 15) is 9.59 Å². The molecule has 2 rings (SSSR count). The molecule has 1 amide bonds. The molecule has 0 spiro atoms. The summed E-state index contributed by atoms with van der Waals surface area (Å²) in [6, 6.07) is 10.9. The first-order valence-corrected chi connectivity index (χ1v) is 8.29. The van der Waals surface area contributed by atoms with Crippen molar-refractivity contribution in [1.29, 1.82) is 0 Å². The van der Waals surface area contributed by atoms with Crippen molar-refractivity contribution >= 4 is 18.0 Å². The van der Waals surface area contributed by atoms with Gasteiger partial charge in [0.1, 0.15) is 5.75 Å². The second kappa shape index (κ2) is 9.98. The van der Waals surface area contributed by atoms with Crippen molar-refractivity contribution in [2.45, 2.75) is 13.5 Å². The second-order valence-electron chi connectivity index (χ2n) is 5.52. The number of likely N-dealkylation sites (N-methyl/N-ethyl adjacent to an activating group) is 1. The summed E-state index contributed by atoms with van der Waals surface area (Å²) in [6.45, 7) is 2.34. The van der Waals surface area contributed by atoms with E-state index >= 15 is 0 Å². The van der Waals surface area contributed by atoms with E-state index in [4.69, 9.17) is 9.47 Å². The third kappa shape index (κ3) is 6.05. The second-order valence-corrected chi connectivity index (χ2v) is 5.52. The molecule has 0 aliphatic heterocycles. The first kappa shape index (κ1) is 19.2. The normalized spacial score (nSPS) is 10.5. The SMILES string of the molecule is CCOC(=O)COc1ccccc1/C=C/C(=O)N(C)Cc1cccnc1. The van der Waals surface area contributed by atoms with Crippen molar-refractivity contribution in [3.05, 3.63) is 66.0 Å². The molecule has 0 N–H and O–H groups in total. The minimum Gasteiger partial charge on any atom is -0.481 e. The molecule has 0 saturated heterocycles. The fourth-order valence-corrected chi connectivity index (χ4v) is 2.22. The number of esters is 1. The third-order valence-corrected chi connectivity index (χ3v) is 3.49. The molecule has 1 aromatic carbocycles. The summed E-state index contributed by atoms with van der Waals surface area (Å²) in [5.74, 6) is -0.0628. The number of aromatic nitrogens is 1. The van der Waals surface area contributed by atoms with Crippen LogP contribution in [0, 0.1) is 0 Å². The lowest BCUT2D eigenvalue weighted by Gasteiger charge is -2.15. The molecule has 1 aromatic heterocycles. The quantitative estimate of drug-likeness (QED) is 0.538. The fraction of sp³-hybridized carbons (Fsp3) is 0.250. The van der Waals surface area contributed by atoms with Crippen LogP contribution in [0.3, 0.4) is 0 Å². The molecular formula is C20H22N2O4. The van der Waals surface area contributed by atoms with Gasteiger partial charge in [0.15, 0.2) is 6.61 Å². The first-order valence-electron chi connectivity index (χ1n) is 8.29. The Morgan fingerprint density at radius 2 is 2.00 bits per heavy atom. The minimum absolute atomic E-state index is 0.144. The van der Waals surface area contributed by atoms with Crippen LogP contribution >= 0.6 is 0 Å². The molecule has 0 fully saturated rings. The Balaban J connectivity index is 1.98. The molecule has 136 valence electrons. The van der Waals surface area contributed by atoms with Gasteiger partial charge in [0.25, 0.3) is 0 Å². The van der Waals surface area contributed by atoms with Gasteiger partial charge in [0.05, 0.1) is 6.61 Å². The van der Waals surface area contributed by atoms with Crippen molar-refractivity contribution in [3.63, 3.8) is 0 Å². The number of carbonyl (C=O) groups is 2. The number of amides is 1. The highest BCUT2D eigenvalue weighted by molar-refractivity contribution is 5.92. The van der Waals surface area contributed by atoms with Gasteiger partial charge in [-0.25, -0.2) is 4.79 Å². The van der Waals surface area contributed by atoms with Crippen LogP contribution in [-0.4, -0.2) is 42.0 Å². The average molecular weight is 354 g/mol. The van der Waals surface area contributed by atoms with E-state index in [1.807, 2.05) is 24.3 Å². The minimum atomic E-state index is -0.432. The Morgan fingerprint density at radius 1 is 1.19 bits per heavy atom. The molecule has 0 unspecified atom stereocenters. The number of para-hydroxylation sites is 1. The number of benzene rings is 1. The topological polar surface area (TPSA) is 68.7 Å². The van der Waals surface area contributed by atoms with Crippen molar-refractivity contribution in [2.75, 3.05) is 20.3 Å². The van der Waals surface area contributed by atoms with E-state index in [1.54, 1.807) is 49.5 Å². The van der Waals surface area contributed by atoms with Gasteiger partial charge in [-0.3, -0.25) is 9.78 Å². The molecule has 6 heteroatoms. The zero-order chi connectivity index (χ0) is 18.8. The van der Waals surface area contributed by atoms with Crippen LogP contribution in [0.15, 0.2) is 54.9 Å². The maximum Gasteiger partial charge on any atom is 0.344 e. The number of rotatable bonds is 8. The molecule has 0 bridgehead atoms. The molecule has 1 heterocycles. The summed E-state index contributed by atoms with van der Waals surface area (Å²) in [5.41, 5.74) is 1.66. The molecule has 0 aliphatic rings. The maximum atomic E-state index is 12.3. The number of hydrogen-bond donors (Lipinski definition) is 0. The standard InChI is InChI=1S/C20H22N2O4/c1-3-25-20(24)15-26-18-9-5-4-8-17(18)10-11-19(23)22(2)14-16-7-6-12-21-13-16/h4-13H,3,14-15H2,1-2H3/b11-10+. The summed E-state index contributed by atoms with van der Waals surface area (Å²) in [5, 5.41) is 0. The predicted molar refractivity (Wildman–Crippen MR) is 98.3 cm³/mol. The Hall–Kier alpha value is -3.15. The Labute approximate surface area is 153 Å². The zero-order valence-corrected chi connectivity index (χ0v) is 14.9. The van der Waals surface area contributed by atoms with Crippen molar-refractivity contribution < 1.29 is 19.1 Å². The van der Waals surface area contributed by atoms with Crippen LogP contribution in [0.2, 0.25) is 0 Å². The summed E-state index contributed by atoms with van der Waals surface area (Å²) in [4.78, 5) is 29.3. The van der Waals surface area contributed by atoms with Crippen LogP contribution in [0.4, 0.5) is 0 Å². The molecule has 0 saturated carbocycles. The van der Waals surface area contributed by atoms with Gasteiger partial charge in [-0.15, -0.1) is 0 Å². The molecule has 0 aliphatic carbocycles. The van der Waals surface area contributed by atoms with E-state index in [-0.39, 0.29) is 12.5 Å². The molecule has 0 atom stereocenters. The van der Waals surface area contributed by atoms with Crippen molar-refractivity contribution in [1.82, 2.24) is 9.88 Å². The Bertz CT molecular complexity index is 759. The lowest BCUT2D eigenvalue weighted by Crippen LogP contribution is -2.24. The Morgan fingerprint density at radius 3 is 2.73 bits per heavy atom. The van der Waals surface area contributed by atoms with Crippen LogP contribution in [-0.2, 0) is 20.9 Å². The van der Waals surface area contributed by atoms with Crippen molar-refractivity contribution in [3.8, 4) is 5.75 Å². The number of nitrogens with zero attached hydrogens (tertiary/aromatic N) is 2. The maximum absolute atomic E-state index is 12.3. The molecule has 2 aromatic rings. The smallest absolute Gasteiger partial charge is 0.344 e. The summed E-state index contributed by atoms with van der Waals surface area (Å²) < 4.78 is 10.3. The van der Waals surface area contributed by atoms with Crippen LogP contribution < -0.4 is 4.74 Å². The number of ether oxygens (including phenoxy) is 2. The highest BCUT2D eigenvalue weighted by atomic mass is 16.6. The van der Waals surface area contributed by atoms with Crippen LogP contribution in [0.5, 0.6) is 5.75 Å². The molecule has 6 nitrogen and oxygen atoms in total. The predicted octanol–water partition coefficient (Wildman–Crippen LogP) is 2.70.